The molecule has 0 spiro atoms. The van der Waals surface area contributed by atoms with Crippen molar-refractivity contribution in [3.63, 3.8) is 0 Å². The molecule has 0 saturated heterocycles. The molecule has 0 fully saturated rings. The van der Waals surface area contributed by atoms with Gasteiger partial charge < -0.3 is 20.5 Å². The summed E-state index contributed by atoms with van der Waals surface area (Å²) in [5.74, 6) is 1.05. The van der Waals surface area contributed by atoms with Crippen LogP contribution in [0.1, 0.15) is 103 Å². The molecule has 3 unspecified atom stereocenters. The zero-order valence-electron chi connectivity index (χ0n) is 18.8. The van der Waals surface area contributed by atoms with Crippen LogP contribution >= 0.6 is 0 Å². The average Bonchev–Trinajstić information content (AvgIpc) is 2.63. The third-order valence-corrected chi connectivity index (χ3v) is 4.72. The van der Waals surface area contributed by atoms with E-state index in [2.05, 4.69) is 46.4 Å². The van der Waals surface area contributed by atoms with Crippen LogP contribution in [0.15, 0.2) is 0 Å². The number of rotatable bonds is 11. The van der Waals surface area contributed by atoms with Gasteiger partial charge in [0.2, 0.25) is 0 Å². The Labute approximate surface area is 172 Å². The second-order valence-electron chi connectivity index (χ2n) is 6.91. The lowest BCUT2D eigenvalue weighted by Gasteiger charge is -2.33. The maximum absolute atomic E-state index is 9.81. The van der Waals surface area contributed by atoms with Crippen molar-refractivity contribution in [1.29, 1.82) is 0 Å². The Morgan fingerprint density at radius 2 is 1.33 bits per heavy atom. The highest BCUT2D eigenvalue weighted by molar-refractivity contribution is 5.74. The quantitative estimate of drug-likeness (QED) is 0.527. The zero-order valence-corrected chi connectivity index (χ0v) is 18.8. The Morgan fingerprint density at radius 1 is 0.926 bits per heavy atom. The average molecular weight is 398 g/mol. The van der Waals surface area contributed by atoms with Crippen LogP contribution in [0.25, 0.3) is 0 Å². The Kier molecular flexibility index (Phi) is 38.3. The maximum Gasteiger partial charge on any atom is 0.129 e. The van der Waals surface area contributed by atoms with Crippen LogP contribution in [0.5, 0.6) is 0 Å². The van der Waals surface area contributed by atoms with Crippen molar-refractivity contribution in [3.8, 4) is 0 Å². The number of hydrogen-bond donors (Lipinski definition) is 2. The molecule has 0 bridgehead atoms. The van der Waals surface area contributed by atoms with Crippen molar-refractivity contribution in [2.24, 2.45) is 5.92 Å². The van der Waals surface area contributed by atoms with Crippen molar-refractivity contribution in [2.45, 2.75) is 113 Å². The Balaban J connectivity index is -0.0000000666. The van der Waals surface area contributed by atoms with Crippen molar-refractivity contribution < 1.29 is 21.9 Å². The summed E-state index contributed by atoms with van der Waals surface area (Å²) in [6.07, 6.45) is 6.36. The van der Waals surface area contributed by atoms with E-state index in [1.165, 1.54) is 12.8 Å². The molecule has 4 N–H and O–H groups in total. The van der Waals surface area contributed by atoms with Gasteiger partial charge in [0.1, 0.15) is 5.78 Å². The molecule has 0 aliphatic heterocycles. The van der Waals surface area contributed by atoms with Crippen LogP contribution in [-0.4, -0.2) is 58.2 Å². The molecule has 172 valence electrons. The fourth-order valence-electron chi connectivity index (χ4n) is 2.10. The normalized spacial score (nSPS) is 12.9. The number of hydrogen-bond acceptors (Lipinski definition) is 4. The molecule has 0 aromatic heterocycles. The van der Waals surface area contributed by atoms with Crippen LogP contribution in [0.3, 0.4) is 0 Å². The summed E-state index contributed by atoms with van der Waals surface area (Å²) in [4.78, 5) is 12.2. The molecule has 0 heterocycles. The Morgan fingerprint density at radius 3 is 1.56 bits per heavy atom. The summed E-state index contributed by atoms with van der Waals surface area (Å²) in [5, 5.41) is 17.3. The molecule has 0 aromatic rings. The number of carbonyl (C=O) groups is 1. The van der Waals surface area contributed by atoms with E-state index in [1.807, 2.05) is 6.92 Å². The van der Waals surface area contributed by atoms with Gasteiger partial charge in [0.15, 0.2) is 0 Å². The van der Waals surface area contributed by atoms with E-state index in [0.29, 0.717) is 25.1 Å². The largest absolute Gasteiger partial charge is 0.412 e. The minimum Gasteiger partial charge on any atom is -0.412 e. The van der Waals surface area contributed by atoms with Crippen molar-refractivity contribution in [3.05, 3.63) is 0 Å². The molecule has 5 nitrogen and oxygen atoms in total. The first-order valence-electron chi connectivity index (χ1n) is 10.2. The van der Waals surface area contributed by atoms with Gasteiger partial charge in [0.25, 0.3) is 0 Å². The van der Waals surface area contributed by atoms with E-state index >= 15 is 0 Å². The first-order valence-corrected chi connectivity index (χ1v) is 10.2. The van der Waals surface area contributed by atoms with Gasteiger partial charge in [-0.15, -0.1) is 0 Å². The summed E-state index contributed by atoms with van der Waals surface area (Å²) >= 11 is 0. The third-order valence-electron chi connectivity index (χ3n) is 4.72. The van der Waals surface area contributed by atoms with Crippen molar-refractivity contribution >= 4 is 5.78 Å². The van der Waals surface area contributed by atoms with Gasteiger partial charge in [0.05, 0.1) is 6.61 Å². The van der Waals surface area contributed by atoms with Crippen LogP contribution in [-0.2, 0) is 4.79 Å². The molecule has 5 heteroatoms. The topological polar surface area (TPSA) is 92.3 Å². The highest BCUT2D eigenvalue weighted by atomic mass is 16.3. The maximum atomic E-state index is 9.81. The van der Waals surface area contributed by atoms with E-state index in [1.54, 1.807) is 6.92 Å². The van der Waals surface area contributed by atoms with Crippen molar-refractivity contribution in [1.82, 2.24) is 4.90 Å². The number of carbonyl (C=O) groups excluding carboxylic acids is 1. The predicted molar refractivity (Wildman–Crippen MR) is 123 cm³/mol. The van der Waals surface area contributed by atoms with Crippen LogP contribution in [0.2, 0.25) is 0 Å². The lowest BCUT2D eigenvalue weighted by molar-refractivity contribution is -0.116. The molecular weight excluding hydrogens is 342 g/mol. The van der Waals surface area contributed by atoms with Crippen LogP contribution in [0, 0.1) is 5.92 Å². The van der Waals surface area contributed by atoms with E-state index in [-0.39, 0.29) is 26.7 Å². The lowest BCUT2D eigenvalue weighted by atomic mass is 10.0. The number of aliphatic hydroxyl groups is 2. The van der Waals surface area contributed by atoms with Crippen molar-refractivity contribution in [2.75, 3.05) is 19.8 Å². The summed E-state index contributed by atoms with van der Waals surface area (Å²) in [6.45, 7) is 18.1. The molecule has 0 rings (SSSR count). The molecule has 0 radical (unpaired) electrons. The first kappa shape index (κ1) is 37.3. The number of Topliss-reactive ketones (excluding diaryl/α,β-unsaturated/α-hetero) is 1. The molecule has 0 aliphatic rings. The second kappa shape index (κ2) is 27.7. The number of ketones is 1. The summed E-state index contributed by atoms with van der Waals surface area (Å²) in [5.41, 5.74) is 0. The van der Waals surface area contributed by atoms with Gasteiger partial charge in [-0.25, -0.2) is 0 Å². The molecule has 0 aromatic carbocycles. The minimum atomic E-state index is 0. The predicted octanol–water partition coefficient (Wildman–Crippen LogP) is 4.73. The summed E-state index contributed by atoms with van der Waals surface area (Å²) < 4.78 is 0. The second-order valence-corrected chi connectivity index (χ2v) is 6.91. The zero-order chi connectivity index (χ0) is 20.3. The van der Waals surface area contributed by atoms with Crippen LogP contribution in [0.4, 0.5) is 0 Å². The standard InChI is InChI=1S/C10H23NO.C7H16O.C4H8O.CH4.H2O.H2/c1-5-9(3)11(7-8-12)10(4)6-2;1-3-7(2)5-4-6-8;1-3-4(2)5;;;/h9-10,12H,5-8H2,1-4H3;7-8H,3-6H2,1-2H3;3H2,1-2H3;1H4;1H2;1H. The van der Waals surface area contributed by atoms with Gasteiger partial charge >= 0.3 is 0 Å². The van der Waals surface area contributed by atoms with E-state index in [9.17, 15) is 4.79 Å². The van der Waals surface area contributed by atoms with E-state index in [0.717, 1.165) is 31.7 Å². The summed E-state index contributed by atoms with van der Waals surface area (Å²) in [6, 6.07) is 1.18. The third kappa shape index (κ3) is 27.8. The monoisotopic (exact) mass is 397 g/mol. The highest BCUT2D eigenvalue weighted by Gasteiger charge is 2.16. The fraction of sp³-hybridized carbons (Fsp3) is 0.955. The van der Waals surface area contributed by atoms with Gasteiger partial charge in [-0.1, -0.05) is 48.5 Å². The van der Waals surface area contributed by atoms with E-state index < -0.39 is 0 Å². The molecule has 0 amide bonds. The minimum absolute atomic E-state index is 0. The van der Waals surface area contributed by atoms with Gasteiger partial charge in [-0.2, -0.15) is 0 Å². The molecule has 3 atom stereocenters. The smallest absolute Gasteiger partial charge is 0.129 e. The molecule has 0 saturated carbocycles. The Hall–Kier alpha value is -0.490. The first-order chi connectivity index (χ1) is 11.7. The molecular formula is C22H55NO4. The van der Waals surface area contributed by atoms with E-state index in [4.69, 9.17) is 10.2 Å². The fourth-order valence-corrected chi connectivity index (χ4v) is 2.10. The van der Waals surface area contributed by atoms with Crippen LogP contribution < -0.4 is 0 Å². The number of aliphatic hydroxyl groups excluding tert-OH is 2. The molecule has 0 aliphatic carbocycles. The Bertz CT molecular complexity index is 271. The van der Waals surface area contributed by atoms with Gasteiger partial charge in [-0.05, 0) is 52.4 Å². The summed E-state index contributed by atoms with van der Waals surface area (Å²) in [7, 11) is 0. The van der Waals surface area contributed by atoms with Gasteiger partial charge in [-0.3, -0.25) is 4.90 Å². The number of nitrogens with zero attached hydrogens (tertiary/aromatic N) is 1. The lowest BCUT2D eigenvalue weighted by Crippen LogP contribution is -2.41. The van der Waals surface area contributed by atoms with Gasteiger partial charge in [0, 0.05) is 33.1 Å². The highest BCUT2D eigenvalue weighted by Crippen LogP contribution is 2.10. The molecule has 27 heavy (non-hydrogen) atoms. The SMILES string of the molecule is C.CCC(C)=O.CCC(C)CCCO.CCC(C)N(CCO)C(C)CC.O.[HH].